The molecule has 1 unspecified atom stereocenters. The van der Waals surface area contributed by atoms with Gasteiger partial charge in [0.1, 0.15) is 5.69 Å². The topological polar surface area (TPSA) is 62.2 Å². The summed E-state index contributed by atoms with van der Waals surface area (Å²) in [6, 6.07) is 1.55. The number of aliphatic hydroxyl groups excluding tert-OH is 1. The molecule has 0 aliphatic heterocycles. The average Bonchev–Trinajstić information content (AvgIpc) is 2.36. The highest BCUT2D eigenvalue weighted by atomic mass is 19.4. The Morgan fingerprint density at radius 1 is 1.33 bits per heavy atom. The van der Waals surface area contributed by atoms with Crippen molar-refractivity contribution in [2.75, 3.05) is 6.61 Å². The number of halogens is 3. The number of hydrogen-bond acceptors (Lipinski definition) is 3. The Morgan fingerprint density at radius 2 is 1.95 bits per heavy atom. The maximum Gasteiger partial charge on any atom is 0.417 e. The van der Waals surface area contributed by atoms with Crippen molar-refractivity contribution in [2.24, 2.45) is 5.41 Å². The molecule has 1 atom stereocenters. The van der Waals surface area contributed by atoms with Crippen molar-refractivity contribution in [3.63, 3.8) is 0 Å². The van der Waals surface area contributed by atoms with E-state index in [1.54, 1.807) is 0 Å². The lowest BCUT2D eigenvalue weighted by Crippen LogP contribution is -2.44. The summed E-state index contributed by atoms with van der Waals surface area (Å²) in [6.45, 7) is 5.60. The zero-order valence-electron chi connectivity index (χ0n) is 12.2. The van der Waals surface area contributed by atoms with Crippen molar-refractivity contribution in [3.05, 3.63) is 29.6 Å². The second-order valence-corrected chi connectivity index (χ2v) is 5.83. The van der Waals surface area contributed by atoms with Crippen LogP contribution in [0, 0.1) is 5.41 Å². The zero-order valence-corrected chi connectivity index (χ0v) is 12.2. The van der Waals surface area contributed by atoms with Crippen LogP contribution < -0.4 is 5.32 Å². The highest BCUT2D eigenvalue weighted by Crippen LogP contribution is 2.28. The van der Waals surface area contributed by atoms with Crippen molar-refractivity contribution < 1.29 is 23.1 Å². The molecule has 4 nitrogen and oxygen atoms in total. The fourth-order valence-corrected chi connectivity index (χ4v) is 1.78. The van der Waals surface area contributed by atoms with Crippen molar-refractivity contribution >= 4 is 5.91 Å². The van der Waals surface area contributed by atoms with Crippen molar-refractivity contribution in [2.45, 2.75) is 39.4 Å². The Bertz CT molecular complexity index is 478. The SMILES string of the molecule is CC(C)(C)C(CCO)NC(=O)c1ccc(C(F)(F)F)cn1. The van der Waals surface area contributed by atoms with Crippen LogP contribution in [0.1, 0.15) is 43.2 Å². The van der Waals surface area contributed by atoms with Gasteiger partial charge in [-0.3, -0.25) is 9.78 Å². The lowest BCUT2D eigenvalue weighted by molar-refractivity contribution is -0.137. The van der Waals surface area contributed by atoms with E-state index < -0.39 is 17.6 Å². The second-order valence-electron chi connectivity index (χ2n) is 5.83. The number of aromatic nitrogens is 1. The predicted octanol–water partition coefficient (Wildman–Crippen LogP) is 2.63. The number of rotatable bonds is 4. The monoisotopic (exact) mass is 304 g/mol. The second kappa shape index (κ2) is 6.43. The third-order valence-electron chi connectivity index (χ3n) is 3.09. The standard InChI is InChI=1S/C14H19F3N2O2/c1-13(2,3)11(6-7-20)19-12(21)10-5-4-9(8-18-10)14(15,16)17/h4-5,8,11,20H,6-7H2,1-3H3,(H,19,21). The number of nitrogens with one attached hydrogen (secondary N) is 1. The summed E-state index contributed by atoms with van der Waals surface area (Å²) in [6.07, 6.45) is -3.49. The fourth-order valence-electron chi connectivity index (χ4n) is 1.78. The summed E-state index contributed by atoms with van der Waals surface area (Å²) < 4.78 is 37.3. The molecule has 0 fully saturated rings. The molecule has 0 saturated carbocycles. The molecule has 1 rings (SSSR count). The molecule has 1 aromatic heterocycles. The molecule has 0 aliphatic carbocycles. The van der Waals surface area contributed by atoms with Crippen LogP contribution in [0.3, 0.4) is 0 Å². The Hall–Kier alpha value is -1.63. The van der Waals surface area contributed by atoms with Gasteiger partial charge < -0.3 is 10.4 Å². The van der Waals surface area contributed by atoms with Crippen LogP contribution in [-0.2, 0) is 6.18 Å². The number of aliphatic hydroxyl groups is 1. The Labute approximate surface area is 121 Å². The van der Waals surface area contributed by atoms with E-state index >= 15 is 0 Å². The molecule has 118 valence electrons. The van der Waals surface area contributed by atoms with Crippen LogP contribution in [0.15, 0.2) is 18.3 Å². The lowest BCUT2D eigenvalue weighted by Gasteiger charge is -2.31. The van der Waals surface area contributed by atoms with E-state index in [2.05, 4.69) is 10.3 Å². The third kappa shape index (κ3) is 5.00. The molecule has 1 aromatic rings. The van der Waals surface area contributed by atoms with Crippen molar-refractivity contribution in [3.8, 4) is 0 Å². The van der Waals surface area contributed by atoms with Gasteiger partial charge in [0, 0.05) is 18.8 Å². The maximum absolute atomic E-state index is 12.4. The minimum Gasteiger partial charge on any atom is -0.396 e. The minimum atomic E-state index is -4.48. The number of amides is 1. The Balaban J connectivity index is 2.84. The number of carbonyl (C=O) groups excluding carboxylic acids is 1. The van der Waals surface area contributed by atoms with Gasteiger partial charge in [0.2, 0.25) is 0 Å². The number of hydrogen-bond donors (Lipinski definition) is 2. The molecule has 0 spiro atoms. The van der Waals surface area contributed by atoms with E-state index in [9.17, 15) is 18.0 Å². The van der Waals surface area contributed by atoms with Gasteiger partial charge in [-0.25, -0.2) is 0 Å². The lowest BCUT2D eigenvalue weighted by atomic mass is 9.85. The first-order chi connectivity index (χ1) is 9.55. The van der Waals surface area contributed by atoms with Gasteiger partial charge in [-0.05, 0) is 24.0 Å². The number of carbonyl (C=O) groups is 1. The van der Waals surface area contributed by atoms with Crippen LogP contribution in [0.4, 0.5) is 13.2 Å². The molecule has 1 amide bonds. The van der Waals surface area contributed by atoms with Gasteiger partial charge in [0.05, 0.1) is 5.56 Å². The molecular formula is C14H19F3N2O2. The highest BCUT2D eigenvalue weighted by molar-refractivity contribution is 5.92. The summed E-state index contributed by atoms with van der Waals surface area (Å²) in [7, 11) is 0. The Morgan fingerprint density at radius 3 is 2.33 bits per heavy atom. The van der Waals surface area contributed by atoms with Crippen molar-refractivity contribution in [1.82, 2.24) is 10.3 Å². The van der Waals surface area contributed by atoms with Crippen molar-refractivity contribution in [1.29, 1.82) is 0 Å². The molecule has 0 bridgehead atoms. The highest BCUT2D eigenvalue weighted by Gasteiger charge is 2.31. The van der Waals surface area contributed by atoms with Gasteiger partial charge in [0.25, 0.3) is 5.91 Å². The average molecular weight is 304 g/mol. The van der Waals surface area contributed by atoms with E-state index in [0.717, 1.165) is 12.1 Å². The smallest absolute Gasteiger partial charge is 0.396 e. The van der Waals surface area contributed by atoms with E-state index in [0.29, 0.717) is 12.6 Å². The quantitative estimate of drug-likeness (QED) is 0.899. The molecule has 2 N–H and O–H groups in total. The molecule has 1 heterocycles. The number of alkyl halides is 3. The third-order valence-corrected chi connectivity index (χ3v) is 3.09. The molecular weight excluding hydrogens is 285 g/mol. The molecule has 7 heteroatoms. The van der Waals surface area contributed by atoms with E-state index in [1.807, 2.05) is 20.8 Å². The van der Waals surface area contributed by atoms with Gasteiger partial charge in [0.15, 0.2) is 0 Å². The van der Waals surface area contributed by atoms with Crippen LogP contribution >= 0.6 is 0 Å². The number of pyridine rings is 1. The summed E-state index contributed by atoms with van der Waals surface area (Å²) >= 11 is 0. The van der Waals surface area contributed by atoms with Crippen LogP contribution in [0.25, 0.3) is 0 Å². The zero-order chi connectivity index (χ0) is 16.3. The molecule has 0 aliphatic rings. The number of nitrogens with zero attached hydrogens (tertiary/aromatic N) is 1. The van der Waals surface area contributed by atoms with Gasteiger partial charge >= 0.3 is 6.18 Å². The molecule has 21 heavy (non-hydrogen) atoms. The van der Waals surface area contributed by atoms with Gasteiger partial charge in [-0.15, -0.1) is 0 Å². The molecule has 0 radical (unpaired) electrons. The summed E-state index contributed by atoms with van der Waals surface area (Å²) in [4.78, 5) is 15.5. The van der Waals surface area contributed by atoms with Gasteiger partial charge in [-0.2, -0.15) is 13.2 Å². The molecule has 0 saturated heterocycles. The van der Waals surface area contributed by atoms with Gasteiger partial charge in [-0.1, -0.05) is 20.8 Å². The largest absolute Gasteiger partial charge is 0.417 e. The summed E-state index contributed by atoms with van der Waals surface area (Å²) in [5.74, 6) is -0.558. The normalized spacial score (nSPS) is 13.9. The summed E-state index contributed by atoms with van der Waals surface area (Å²) in [5.41, 5.74) is -1.28. The first-order valence-corrected chi connectivity index (χ1v) is 6.50. The van der Waals surface area contributed by atoms with Crippen LogP contribution in [0.2, 0.25) is 0 Å². The van der Waals surface area contributed by atoms with Crippen LogP contribution in [0.5, 0.6) is 0 Å². The van der Waals surface area contributed by atoms with Crippen LogP contribution in [-0.4, -0.2) is 28.6 Å². The van der Waals surface area contributed by atoms with E-state index in [1.165, 1.54) is 0 Å². The van der Waals surface area contributed by atoms with E-state index in [4.69, 9.17) is 5.11 Å². The first kappa shape index (κ1) is 17.4. The molecule has 0 aromatic carbocycles. The summed E-state index contributed by atoms with van der Waals surface area (Å²) in [5, 5.41) is 11.7. The maximum atomic E-state index is 12.4. The fraction of sp³-hybridized carbons (Fsp3) is 0.571. The van der Waals surface area contributed by atoms with E-state index in [-0.39, 0.29) is 23.8 Å². The minimum absolute atomic E-state index is 0.0878. The first-order valence-electron chi connectivity index (χ1n) is 6.50. The predicted molar refractivity (Wildman–Crippen MR) is 71.7 cm³/mol. The Kier molecular flexibility index (Phi) is 5.33.